The van der Waals surface area contributed by atoms with Crippen LogP contribution in [0.3, 0.4) is 0 Å². The molecule has 2 aliphatic rings. The minimum Gasteiger partial charge on any atom is -0.494 e. The van der Waals surface area contributed by atoms with Crippen molar-refractivity contribution >= 4 is 28.9 Å². The van der Waals surface area contributed by atoms with Gasteiger partial charge in [-0.1, -0.05) is 6.58 Å². The maximum absolute atomic E-state index is 12.2. The van der Waals surface area contributed by atoms with Crippen LogP contribution in [0.15, 0.2) is 43.2 Å². The number of anilines is 4. The van der Waals surface area contributed by atoms with Crippen molar-refractivity contribution in [3.63, 3.8) is 0 Å². The number of hydrogen-bond acceptors (Lipinski definition) is 10. The number of nitrogens with one attached hydrogen (secondary N) is 2. The van der Waals surface area contributed by atoms with Crippen LogP contribution in [-0.4, -0.2) is 90.3 Å². The molecule has 2 N–H and O–H groups in total. The van der Waals surface area contributed by atoms with Crippen LogP contribution in [0.5, 0.6) is 5.75 Å². The molecule has 1 amide bonds. The fraction of sp³-hybridized carbons (Fsp3) is 0.407. The Morgan fingerprint density at radius 3 is 2.74 bits per heavy atom. The van der Waals surface area contributed by atoms with Gasteiger partial charge in [-0.15, -0.1) is 0 Å². The molecule has 39 heavy (non-hydrogen) atoms. The summed E-state index contributed by atoms with van der Waals surface area (Å²) in [7, 11) is 3.35. The third-order valence-corrected chi connectivity index (χ3v) is 6.89. The Hall–Kier alpha value is -4.00. The molecule has 0 saturated carbocycles. The molecule has 4 heterocycles. The molecule has 2 fully saturated rings. The van der Waals surface area contributed by atoms with E-state index >= 15 is 0 Å². The number of rotatable bonds is 10. The number of carbonyl (C=O) groups is 1. The van der Waals surface area contributed by atoms with Crippen molar-refractivity contribution < 1.29 is 19.0 Å². The fourth-order valence-corrected chi connectivity index (χ4v) is 4.65. The van der Waals surface area contributed by atoms with Crippen LogP contribution in [0.4, 0.5) is 23.0 Å². The van der Waals surface area contributed by atoms with E-state index in [1.54, 1.807) is 31.2 Å². The number of methoxy groups -OCH3 is 2. The molecule has 0 bridgehead atoms. The molecule has 0 radical (unpaired) electrons. The predicted octanol–water partition coefficient (Wildman–Crippen LogP) is 2.51. The lowest BCUT2D eigenvalue weighted by Gasteiger charge is -2.37. The van der Waals surface area contributed by atoms with Crippen LogP contribution in [0, 0.1) is 6.92 Å². The van der Waals surface area contributed by atoms with Crippen LogP contribution in [0.25, 0.3) is 5.82 Å². The number of likely N-dealkylation sites (tertiary alicyclic amines) is 1. The van der Waals surface area contributed by atoms with Crippen LogP contribution in [-0.2, 0) is 20.8 Å². The quantitative estimate of drug-likeness (QED) is 0.376. The number of aromatic nitrogens is 4. The van der Waals surface area contributed by atoms with Crippen molar-refractivity contribution in [1.82, 2.24) is 24.6 Å². The summed E-state index contributed by atoms with van der Waals surface area (Å²) >= 11 is 0. The number of morpholine rings is 1. The lowest BCUT2D eigenvalue weighted by Crippen LogP contribution is -2.50. The molecule has 2 saturated heterocycles. The minimum absolute atomic E-state index is 0.306. The first-order valence-electron chi connectivity index (χ1n) is 12.9. The molecule has 1 aromatic carbocycles. The first-order valence-corrected chi connectivity index (χ1v) is 12.9. The van der Waals surface area contributed by atoms with E-state index in [9.17, 15) is 4.79 Å². The van der Waals surface area contributed by atoms with Crippen molar-refractivity contribution in [2.24, 2.45) is 0 Å². The normalized spacial score (nSPS) is 16.0. The number of nitrogens with zero attached hydrogens (tertiary/aromatic N) is 6. The summed E-state index contributed by atoms with van der Waals surface area (Å²) in [6.07, 6.45) is 5.23. The van der Waals surface area contributed by atoms with Gasteiger partial charge in [0.25, 0.3) is 0 Å². The maximum atomic E-state index is 12.2. The molecule has 3 aromatic rings. The van der Waals surface area contributed by atoms with E-state index in [2.05, 4.69) is 42.1 Å². The van der Waals surface area contributed by atoms with E-state index in [1.165, 1.54) is 6.08 Å². The summed E-state index contributed by atoms with van der Waals surface area (Å²) in [5.74, 6) is 1.28. The van der Waals surface area contributed by atoms with E-state index in [1.807, 2.05) is 25.3 Å². The zero-order valence-electron chi connectivity index (χ0n) is 22.5. The molecule has 12 nitrogen and oxygen atoms in total. The van der Waals surface area contributed by atoms with Crippen molar-refractivity contribution in [3.8, 4) is 11.6 Å². The summed E-state index contributed by atoms with van der Waals surface area (Å²) in [6.45, 7) is 10.9. The Kier molecular flexibility index (Phi) is 8.05. The maximum Gasteiger partial charge on any atom is 0.247 e. The van der Waals surface area contributed by atoms with Gasteiger partial charge in [0, 0.05) is 69.9 Å². The van der Waals surface area contributed by atoms with Crippen molar-refractivity contribution in [1.29, 1.82) is 0 Å². The van der Waals surface area contributed by atoms with Gasteiger partial charge in [-0.25, -0.2) is 9.67 Å². The van der Waals surface area contributed by atoms with Gasteiger partial charge in [0.1, 0.15) is 5.75 Å². The van der Waals surface area contributed by atoms with Crippen molar-refractivity contribution in [2.75, 3.05) is 69.1 Å². The second-order valence-electron chi connectivity index (χ2n) is 9.46. The number of benzene rings is 1. The summed E-state index contributed by atoms with van der Waals surface area (Å²) in [6, 6.07) is 5.52. The van der Waals surface area contributed by atoms with Gasteiger partial charge >= 0.3 is 0 Å². The van der Waals surface area contributed by atoms with E-state index < -0.39 is 0 Å². The third-order valence-electron chi connectivity index (χ3n) is 6.89. The molecule has 0 unspecified atom stereocenters. The highest BCUT2D eigenvalue weighted by Crippen LogP contribution is 2.38. The van der Waals surface area contributed by atoms with Crippen LogP contribution in [0.1, 0.15) is 11.3 Å². The number of amides is 1. The first-order chi connectivity index (χ1) is 19.0. The third kappa shape index (κ3) is 6.03. The molecular weight excluding hydrogens is 500 g/mol. The van der Waals surface area contributed by atoms with E-state index in [4.69, 9.17) is 14.2 Å². The minimum atomic E-state index is -0.306. The molecule has 0 spiro atoms. The predicted molar refractivity (Wildman–Crippen MR) is 148 cm³/mol. The number of aryl methyl sites for hydroxylation is 1. The summed E-state index contributed by atoms with van der Waals surface area (Å²) in [5.41, 5.74) is 4.15. The second-order valence-corrected chi connectivity index (χ2v) is 9.46. The molecule has 0 aliphatic carbocycles. The molecule has 5 rings (SSSR count). The Morgan fingerprint density at radius 1 is 1.23 bits per heavy atom. The summed E-state index contributed by atoms with van der Waals surface area (Å²) < 4.78 is 18.3. The Morgan fingerprint density at radius 2 is 2.03 bits per heavy atom. The molecule has 206 valence electrons. The molecule has 0 atom stereocenters. The number of hydrogen-bond donors (Lipinski definition) is 2. The molecule has 2 aliphatic heterocycles. The molecule has 12 heteroatoms. The summed E-state index contributed by atoms with van der Waals surface area (Å²) in [5, 5.41) is 10.8. The second kappa shape index (κ2) is 11.8. The Labute approximate surface area is 227 Å². The van der Waals surface area contributed by atoms with Crippen LogP contribution in [0.2, 0.25) is 0 Å². The highest BCUT2D eigenvalue weighted by atomic mass is 16.5. The topological polar surface area (TPSA) is 119 Å². The van der Waals surface area contributed by atoms with Gasteiger partial charge < -0.3 is 29.7 Å². The number of carbonyl (C=O) groups excluding carboxylic acids is 1. The van der Waals surface area contributed by atoms with Crippen LogP contribution < -0.4 is 20.3 Å². The Bertz CT molecular complexity index is 1330. The SMILES string of the molecule is C=CC(=O)Nc1cc(Nc2nccc(-n3cc(CN4CC(OC)C4)c(C)n3)n2)c(OC)cc1N1CCOCC1. The van der Waals surface area contributed by atoms with E-state index in [0.29, 0.717) is 61.3 Å². The van der Waals surface area contributed by atoms with Gasteiger partial charge in [0.15, 0.2) is 5.82 Å². The van der Waals surface area contributed by atoms with Gasteiger partial charge in [0.05, 0.1) is 49.2 Å². The van der Waals surface area contributed by atoms with E-state index in [-0.39, 0.29) is 5.91 Å². The fourth-order valence-electron chi connectivity index (χ4n) is 4.65. The summed E-state index contributed by atoms with van der Waals surface area (Å²) in [4.78, 5) is 25.8. The van der Waals surface area contributed by atoms with Gasteiger partial charge in [0.2, 0.25) is 11.9 Å². The lowest BCUT2D eigenvalue weighted by molar-refractivity contribution is -0.111. The smallest absolute Gasteiger partial charge is 0.247 e. The van der Waals surface area contributed by atoms with E-state index in [0.717, 1.165) is 36.6 Å². The zero-order chi connectivity index (χ0) is 27.4. The van der Waals surface area contributed by atoms with Crippen molar-refractivity contribution in [2.45, 2.75) is 19.6 Å². The lowest BCUT2D eigenvalue weighted by atomic mass is 10.1. The number of ether oxygens (including phenoxy) is 3. The first kappa shape index (κ1) is 26.6. The highest BCUT2D eigenvalue weighted by Gasteiger charge is 2.27. The molecular formula is C27H34N8O4. The van der Waals surface area contributed by atoms with Gasteiger partial charge in [-0.3, -0.25) is 9.69 Å². The average molecular weight is 535 g/mol. The highest BCUT2D eigenvalue weighted by molar-refractivity contribution is 6.02. The standard InChI is InChI=1S/C27H34N8O4/c1-5-26(36)29-21-12-22(24(38-4)13-23(21)34-8-10-39-11-9-34)30-27-28-7-6-25(31-27)35-15-19(18(2)32-35)14-33-16-20(17-33)37-3/h5-7,12-13,15,20H,1,8-11,14,16-17H2,2-4H3,(H,29,36)(H,28,30,31). The van der Waals surface area contributed by atoms with Crippen LogP contribution >= 0.6 is 0 Å². The molecule has 2 aromatic heterocycles. The van der Waals surface area contributed by atoms with Gasteiger partial charge in [-0.05, 0) is 19.1 Å². The van der Waals surface area contributed by atoms with Gasteiger partial charge in [-0.2, -0.15) is 10.1 Å². The largest absolute Gasteiger partial charge is 0.494 e. The Balaban J connectivity index is 1.39. The average Bonchev–Trinajstić information content (AvgIpc) is 3.31. The van der Waals surface area contributed by atoms with Crippen molar-refractivity contribution in [3.05, 3.63) is 54.5 Å². The zero-order valence-corrected chi connectivity index (χ0v) is 22.5. The monoisotopic (exact) mass is 534 g/mol.